The molecule has 1 rings (SSSR count). The molecule has 0 atom stereocenters. The van der Waals surface area contributed by atoms with Crippen LogP contribution >= 0.6 is 0 Å². The van der Waals surface area contributed by atoms with E-state index >= 15 is 0 Å². The van der Waals surface area contributed by atoms with Gasteiger partial charge in [-0.05, 0) is 0 Å². The van der Waals surface area contributed by atoms with Crippen molar-refractivity contribution >= 4 is 0 Å². The molecular weight excluding hydrogens is 174 g/mol. The Morgan fingerprint density at radius 1 is 0.900 bits per heavy atom. The molecule has 4 nitrogen and oxygen atoms in total. The van der Waals surface area contributed by atoms with Crippen molar-refractivity contribution in [3.63, 3.8) is 0 Å². The van der Waals surface area contributed by atoms with Gasteiger partial charge in [0, 0.05) is 0 Å². The van der Waals surface area contributed by atoms with E-state index in [0.717, 1.165) is 0 Å². The monoisotopic (exact) mass is 179 g/mol. The summed E-state index contributed by atoms with van der Waals surface area (Å²) in [5, 5.41) is 0. The van der Waals surface area contributed by atoms with E-state index in [1.807, 2.05) is 0 Å². The number of aromatic nitrogens is 1. The van der Waals surface area contributed by atoms with Gasteiger partial charge in [-0.1, -0.05) is 0 Å². The normalized spacial score (nSPS) is 11.2. The minimum absolute atomic E-state index is 0.677. The molecule has 0 fully saturated rings. The van der Waals surface area contributed by atoms with E-state index < -0.39 is 13.1 Å². The topological polar surface area (TPSA) is 55.1 Å². The van der Waals surface area contributed by atoms with Crippen molar-refractivity contribution < 1.29 is 28.1 Å². The molecule has 0 aliphatic rings. The Kier molecular flexibility index (Phi) is 1.70. The van der Waals surface area contributed by atoms with E-state index in [2.05, 4.69) is 0 Å². The maximum absolute atomic E-state index is 10.3. The Balaban J connectivity index is 3.36. The molecule has 0 saturated carbocycles. The van der Waals surface area contributed by atoms with Crippen molar-refractivity contribution in [1.82, 2.24) is 0 Å². The standard InChI is InChI=1S/C5H5N.Cr.3O/c1-2-4-6-5-3-1;;;;/h1-5H;;;;/q;+1;;;. The second-order valence-electron chi connectivity index (χ2n) is 1.66. The summed E-state index contributed by atoms with van der Waals surface area (Å²) >= 11 is -5.03. The quantitative estimate of drug-likeness (QED) is 0.606. The van der Waals surface area contributed by atoms with E-state index in [0.29, 0.717) is 3.55 Å². The van der Waals surface area contributed by atoms with E-state index in [9.17, 15) is 11.4 Å². The van der Waals surface area contributed by atoms with E-state index in [1.165, 1.54) is 24.5 Å². The van der Waals surface area contributed by atoms with Crippen molar-refractivity contribution in [2.45, 2.75) is 0 Å². The Labute approximate surface area is 59.3 Å². The first-order chi connectivity index (χ1) is 4.61. The number of nitrogens with zero attached hydrogens (tertiary/aromatic N) is 1. The summed E-state index contributed by atoms with van der Waals surface area (Å²) in [4.78, 5) is 0. The van der Waals surface area contributed by atoms with Crippen LogP contribution in [-0.4, -0.2) is 0 Å². The average molecular weight is 179 g/mol. The van der Waals surface area contributed by atoms with Gasteiger partial charge in [-0.25, -0.2) is 0 Å². The van der Waals surface area contributed by atoms with Crippen LogP contribution in [0.3, 0.4) is 0 Å². The van der Waals surface area contributed by atoms with Crippen molar-refractivity contribution in [2.75, 3.05) is 0 Å². The number of rotatable bonds is 1. The van der Waals surface area contributed by atoms with Crippen molar-refractivity contribution in [2.24, 2.45) is 0 Å². The van der Waals surface area contributed by atoms with Crippen LogP contribution in [0.25, 0.3) is 0 Å². The molecule has 0 radical (unpaired) electrons. The Hall–Kier alpha value is -0.918. The molecule has 0 N–H and O–H groups in total. The van der Waals surface area contributed by atoms with Gasteiger partial charge in [0.15, 0.2) is 0 Å². The molecule has 1 heterocycles. The molecule has 0 aliphatic heterocycles. The fraction of sp³-hybridized carbons (Fsp3) is 0. The summed E-state index contributed by atoms with van der Waals surface area (Å²) in [6.45, 7) is 0. The third-order valence-corrected chi connectivity index (χ3v) is 2.13. The maximum atomic E-state index is 10.3. The van der Waals surface area contributed by atoms with Crippen LogP contribution in [-0.2, 0) is 24.5 Å². The fourth-order valence-corrected chi connectivity index (χ4v) is 1.22. The van der Waals surface area contributed by atoms with Crippen LogP contribution < -0.4 is 3.55 Å². The summed E-state index contributed by atoms with van der Waals surface area (Å²) in [5.74, 6) is 0. The predicted molar refractivity (Wildman–Crippen MR) is 24.1 cm³/mol. The molecule has 0 unspecified atom stereocenters. The van der Waals surface area contributed by atoms with Crippen LogP contribution in [0.1, 0.15) is 0 Å². The third kappa shape index (κ3) is 1.53. The van der Waals surface area contributed by atoms with Gasteiger partial charge < -0.3 is 0 Å². The zero-order valence-corrected chi connectivity index (χ0v) is 6.24. The molecular formula is C5H5CrNO3+. The average Bonchev–Trinajstić information content (AvgIpc) is 1.88. The molecule has 0 spiro atoms. The first-order valence-electron chi connectivity index (χ1n) is 2.53. The number of hydrogen-bond donors (Lipinski definition) is 0. The van der Waals surface area contributed by atoms with E-state index in [4.69, 9.17) is 0 Å². The van der Waals surface area contributed by atoms with E-state index in [1.54, 1.807) is 6.07 Å². The molecule has 0 bridgehead atoms. The van der Waals surface area contributed by atoms with Crippen molar-refractivity contribution in [3.8, 4) is 0 Å². The van der Waals surface area contributed by atoms with Gasteiger partial charge >= 0.3 is 58.7 Å². The van der Waals surface area contributed by atoms with E-state index in [-0.39, 0.29) is 0 Å². The molecule has 5 heteroatoms. The molecule has 53 valence electrons. The van der Waals surface area contributed by atoms with Crippen LogP contribution in [0.4, 0.5) is 0 Å². The van der Waals surface area contributed by atoms with Gasteiger partial charge in [-0.2, -0.15) is 0 Å². The van der Waals surface area contributed by atoms with Crippen molar-refractivity contribution in [3.05, 3.63) is 30.6 Å². The molecule has 0 aliphatic carbocycles. The first-order valence-corrected chi connectivity index (χ1v) is 4.66. The Morgan fingerprint density at radius 3 is 1.70 bits per heavy atom. The van der Waals surface area contributed by atoms with Crippen LogP contribution in [0, 0.1) is 0 Å². The minimum atomic E-state index is -5.03. The summed E-state index contributed by atoms with van der Waals surface area (Å²) in [5.41, 5.74) is 0. The third-order valence-electron chi connectivity index (χ3n) is 0.946. The van der Waals surface area contributed by atoms with Crippen molar-refractivity contribution in [1.29, 1.82) is 0 Å². The van der Waals surface area contributed by atoms with Gasteiger partial charge in [0.1, 0.15) is 0 Å². The van der Waals surface area contributed by atoms with Gasteiger partial charge in [0.2, 0.25) is 0 Å². The summed E-state index contributed by atoms with van der Waals surface area (Å²) < 4.78 is 31.6. The van der Waals surface area contributed by atoms with Gasteiger partial charge in [-0.15, -0.1) is 0 Å². The zero-order chi connectivity index (χ0) is 7.61. The zero-order valence-electron chi connectivity index (χ0n) is 4.97. The SMILES string of the molecule is [O]=[Cr](=[O])(=[O])[n+]1ccccc1. The van der Waals surface area contributed by atoms with Gasteiger partial charge in [0.05, 0.1) is 0 Å². The van der Waals surface area contributed by atoms with Crippen LogP contribution in [0.2, 0.25) is 0 Å². The number of pyridine rings is 1. The summed E-state index contributed by atoms with van der Waals surface area (Å²) in [6.07, 6.45) is 2.43. The second kappa shape index (κ2) is 2.37. The predicted octanol–water partition coefficient (Wildman–Crippen LogP) is -0.0724. The Morgan fingerprint density at radius 2 is 1.40 bits per heavy atom. The molecule has 0 aromatic carbocycles. The van der Waals surface area contributed by atoms with Crippen LogP contribution in [0.5, 0.6) is 0 Å². The second-order valence-corrected chi connectivity index (χ2v) is 3.66. The summed E-state index contributed by atoms with van der Waals surface area (Å²) in [6, 6.07) is 4.61. The van der Waals surface area contributed by atoms with Gasteiger partial charge in [-0.3, -0.25) is 0 Å². The molecule has 1 aromatic heterocycles. The van der Waals surface area contributed by atoms with Crippen LogP contribution in [0.15, 0.2) is 30.6 Å². The fourth-order valence-electron chi connectivity index (χ4n) is 0.532. The Bertz CT molecular complexity index is 347. The summed E-state index contributed by atoms with van der Waals surface area (Å²) in [7, 11) is 0. The molecule has 1 aromatic rings. The first kappa shape index (κ1) is 7.19. The molecule has 0 saturated heterocycles. The molecule has 0 amide bonds. The number of hydrogen-bond acceptors (Lipinski definition) is 3. The van der Waals surface area contributed by atoms with Gasteiger partial charge in [0.25, 0.3) is 0 Å². The molecule has 10 heavy (non-hydrogen) atoms.